The molecule has 0 spiro atoms. The fraction of sp³-hybridized carbons (Fsp3) is 0.286. The van der Waals surface area contributed by atoms with Crippen LogP contribution >= 0.6 is 11.3 Å². The van der Waals surface area contributed by atoms with Gasteiger partial charge in [0.2, 0.25) is 0 Å². The molecule has 84 valence electrons. The zero-order valence-electron chi connectivity index (χ0n) is 9.73. The maximum atomic E-state index is 3.50. The molecule has 2 heteroatoms. The Morgan fingerprint density at radius 1 is 1.19 bits per heavy atom. The molecule has 1 heterocycles. The molecule has 1 N–H and O–H groups in total. The van der Waals surface area contributed by atoms with Crippen LogP contribution in [0.15, 0.2) is 41.1 Å². The number of anilines is 1. The summed E-state index contributed by atoms with van der Waals surface area (Å²) >= 11 is 1.75. The van der Waals surface area contributed by atoms with Crippen LogP contribution in [0.3, 0.4) is 0 Å². The van der Waals surface area contributed by atoms with Crippen LogP contribution in [0.4, 0.5) is 5.69 Å². The molecule has 0 fully saturated rings. The van der Waals surface area contributed by atoms with Crippen LogP contribution in [0.1, 0.15) is 30.9 Å². The van der Waals surface area contributed by atoms with Crippen molar-refractivity contribution in [2.75, 3.05) is 5.32 Å². The van der Waals surface area contributed by atoms with Crippen molar-refractivity contribution in [2.45, 2.75) is 26.3 Å². The third-order valence-electron chi connectivity index (χ3n) is 2.65. The summed E-state index contributed by atoms with van der Waals surface area (Å²) in [7, 11) is 0. The fourth-order valence-electron chi connectivity index (χ4n) is 1.75. The summed E-state index contributed by atoms with van der Waals surface area (Å²) in [6, 6.07) is 10.7. The van der Waals surface area contributed by atoms with E-state index < -0.39 is 0 Å². The maximum absolute atomic E-state index is 3.50. The molecule has 0 bridgehead atoms. The molecule has 2 rings (SSSR count). The Bertz CT molecular complexity index is 432. The predicted molar refractivity (Wildman–Crippen MR) is 72.2 cm³/mol. The normalized spacial score (nSPS) is 10.7. The number of thiophene rings is 1. The number of rotatable bonds is 4. The SMILES string of the molecule is CC(C)c1ccccc1NCc1ccsc1. The van der Waals surface area contributed by atoms with Gasteiger partial charge in [-0.3, -0.25) is 0 Å². The largest absolute Gasteiger partial charge is 0.381 e. The third-order valence-corrected chi connectivity index (χ3v) is 3.38. The van der Waals surface area contributed by atoms with Gasteiger partial charge in [-0.25, -0.2) is 0 Å². The van der Waals surface area contributed by atoms with Crippen molar-refractivity contribution < 1.29 is 0 Å². The Kier molecular flexibility index (Phi) is 3.62. The summed E-state index contributed by atoms with van der Waals surface area (Å²) < 4.78 is 0. The Balaban J connectivity index is 2.09. The lowest BCUT2D eigenvalue weighted by atomic mass is 10.0. The van der Waals surface area contributed by atoms with E-state index in [2.05, 4.69) is 60.3 Å². The maximum Gasteiger partial charge on any atom is 0.0409 e. The highest BCUT2D eigenvalue weighted by atomic mass is 32.1. The van der Waals surface area contributed by atoms with Crippen LogP contribution in [-0.4, -0.2) is 0 Å². The van der Waals surface area contributed by atoms with E-state index in [0.717, 1.165) is 6.54 Å². The van der Waals surface area contributed by atoms with E-state index in [1.54, 1.807) is 11.3 Å². The molecule has 0 aliphatic carbocycles. The van der Waals surface area contributed by atoms with Gasteiger partial charge in [-0.15, -0.1) is 0 Å². The van der Waals surface area contributed by atoms with Crippen LogP contribution in [0, 0.1) is 0 Å². The van der Waals surface area contributed by atoms with Crippen molar-refractivity contribution in [2.24, 2.45) is 0 Å². The van der Waals surface area contributed by atoms with Gasteiger partial charge in [0, 0.05) is 12.2 Å². The van der Waals surface area contributed by atoms with Gasteiger partial charge in [0.25, 0.3) is 0 Å². The Hall–Kier alpha value is -1.28. The molecule has 0 unspecified atom stereocenters. The molecule has 0 atom stereocenters. The molecule has 0 saturated carbocycles. The molecule has 0 amide bonds. The van der Waals surface area contributed by atoms with Crippen LogP contribution in [0.25, 0.3) is 0 Å². The summed E-state index contributed by atoms with van der Waals surface area (Å²) in [5.74, 6) is 0.561. The monoisotopic (exact) mass is 231 g/mol. The summed E-state index contributed by atoms with van der Waals surface area (Å²) in [4.78, 5) is 0. The second-order valence-electron chi connectivity index (χ2n) is 4.23. The molecule has 2 aromatic rings. The summed E-state index contributed by atoms with van der Waals surface area (Å²) in [5, 5.41) is 7.81. The molecular formula is C14H17NS. The zero-order valence-corrected chi connectivity index (χ0v) is 10.6. The Labute approximate surface area is 101 Å². The minimum Gasteiger partial charge on any atom is -0.381 e. The molecule has 1 aromatic carbocycles. The van der Waals surface area contributed by atoms with E-state index >= 15 is 0 Å². The van der Waals surface area contributed by atoms with E-state index in [1.807, 2.05) is 0 Å². The fourth-order valence-corrected chi connectivity index (χ4v) is 2.42. The summed E-state index contributed by atoms with van der Waals surface area (Å²) in [6.45, 7) is 5.36. The average molecular weight is 231 g/mol. The second kappa shape index (κ2) is 5.17. The van der Waals surface area contributed by atoms with E-state index in [4.69, 9.17) is 0 Å². The molecule has 16 heavy (non-hydrogen) atoms. The first kappa shape index (κ1) is 11.2. The first-order chi connectivity index (χ1) is 7.77. The third kappa shape index (κ3) is 2.64. The highest BCUT2D eigenvalue weighted by Gasteiger charge is 2.04. The van der Waals surface area contributed by atoms with Crippen molar-refractivity contribution >= 4 is 17.0 Å². The molecule has 0 aliphatic heterocycles. The van der Waals surface area contributed by atoms with E-state index in [-0.39, 0.29) is 0 Å². The van der Waals surface area contributed by atoms with Gasteiger partial charge in [-0.2, -0.15) is 11.3 Å². The van der Waals surface area contributed by atoms with Gasteiger partial charge < -0.3 is 5.32 Å². The predicted octanol–water partition coefficient (Wildman–Crippen LogP) is 4.48. The van der Waals surface area contributed by atoms with Crippen molar-refractivity contribution in [1.82, 2.24) is 0 Å². The van der Waals surface area contributed by atoms with E-state index in [0.29, 0.717) is 5.92 Å². The number of benzene rings is 1. The highest BCUT2D eigenvalue weighted by Crippen LogP contribution is 2.24. The highest BCUT2D eigenvalue weighted by molar-refractivity contribution is 7.07. The average Bonchev–Trinajstić information content (AvgIpc) is 2.79. The second-order valence-corrected chi connectivity index (χ2v) is 5.01. The van der Waals surface area contributed by atoms with Gasteiger partial charge in [0.1, 0.15) is 0 Å². The van der Waals surface area contributed by atoms with Crippen LogP contribution < -0.4 is 5.32 Å². The van der Waals surface area contributed by atoms with Crippen LogP contribution in [0.2, 0.25) is 0 Å². The number of nitrogens with one attached hydrogen (secondary N) is 1. The lowest BCUT2D eigenvalue weighted by molar-refractivity contribution is 0.865. The minimum absolute atomic E-state index is 0.561. The first-order valence-corrected chi connectivity index (χ1v) is 6.55. The number of hydrogen-bond acceptors (Lipinski definition) is 2. The molecular weight excluding hydrogens is 214 g/mol. The van der Waals surface area contributed by atoms with Crippen LogP contribution in [0.5, 0.6) is 0 Å². The topological polar surface area (TPSA) is 12.0 Å². The quantitative estimate of drug-likeness (QED) is 0.818. The van der Waals surface area contributed by atoms with Gasteiger partial charge in [0.15, 0.2) is 0 Å². The number of hydrogen-bond donors (Lipinski definition) is 1. The molecule has 0 aliphatic rings. The summed E-state index contributed by atoms with van der Waals surface area (Å²) in [5.41, 5.74) is 3.99. The van der Waals surface area contributed by atoms with Crippen molar-refractivity contribution in [3.05, 3.63) is 52.2 Å². The van der Waals surface area contributed by atoms with Crippen molar-refractivity contribution in [3.8, 4) is 0 Å². The van der Waals surface area contributed by atoms with E-state index in [1.165, 1.54) is 16.8 Å². The molecule has 0 radical (unpaired) electrons. The Morgan fingerprint density at radius 3 is 2.69 bits per heavy atom. The van der Waals surface area contributed by atoms with Gasteiger partial charge >= 0.3 is 0 Å². The van der Waals surface area contributed by atoms with Crippen molar-refractivity contribution in [3.63, 3.8) is 0 Å². The summed E-state index contributed by atoms with van der Waals surface area (Å²) in [6.07, 6.45) is 0. The zero-order chi connectivity index (χ0) is 11.4. The Morgan fingerprint density at radius 2 is 2.00 bits per heavy atom. The van der Waals surface area contributed by atoms with Gasteiger partial charge in [-0.1, -0.05) is 32.0 Å². The lowest BCUT2D eigenvalue weighted by Gasteiger charge is -2.13. The first-order valence-electron chi connectivity index (χ1n) is 5.61. The smallest absolute Gasteiger partial charge is 0.0409 e. The molecule has 1 nitrogen and oxygen atoms in total. The standard InChI is InChI=1S/C14H17NS/c1-11(2)13-5-3-4-6-14(13)15-9-12-7-8-16-10-12/h3-8,10-11,15H,9H2,1-2H3. The molecule has 0 saturated heterocycles. The van der Waals surface area contributed by atoms with Gasteiger partial charge in [0.05, 0.1) is 0 Å². The van der Waals surface area contributed by atoms with E-state index in [9.17, 15) is 0 Å². The van der Waals surface area contributed by atoms with Crippen molar-refractivity contribution in [1.29, 1.82) is 0 Å². The minimum atomic E-state index is 0.561. The van der Waals surface area contributed by atoms with Crippen LogP contribution in [-0.2, 0) is 6.54 Å². The lowest BCUT2D eigenvalue weighted by Crippen LogP contribution is -2.02. The number of para-hydroxylation sites is 1. The van der Waals surface area contributed by atoms with Gasteiger partial charge in [-0.05, 0) is 39.9 Å². The molecule has 1 aromatic heterocycles.